The van der Waals surface area contributed by atoms with Gasteiger partial charge in [0, 0.05) is 11.1 Å². The highest BCUT2D eigenvalue weighted by Crippen LogP contribution is 2.24. The summed E-state index contributed by atoms with van der Waals surface area (Å²) in [6.45, 7) is 3.97. The zero-order chi connectivity index (χ0) is 12.0. The Hall–Kier alpha value is -2.10. The van der Waals surface area contributed by atoms with Crippen LogP contribution in [0.5, 0.6) is 0 Å². The molecule has 0 saturated carbocycles. The van der Waals surface area contributed by atoms with Crippen molar-refractivity contribution in [1.82, 2.24) is 5.16 Å². The van der Waals surface area contributed by atoms with Gasteiger partial charge in [-0.25, -0.2) is 0 Å². The molecule has 0 unspecified atom stereocenters. The lowest BCUT2D eigenvalue weighted by Crippen LogP contribution is -1.82. The minimum absolute atomic E-state index is 0.250. The standard InChI is InChI=1S/C11H11NO.CH3NO/c1-8-9(2)12-13-11(8)10-6-4-3-5-7-10;2-1-3/h3-7H,1-2H3;1H,(H2,2,3). The van der Waals surface area contributed by atoms with Gasteiger partial charge in [-0.3, -0.25) is 4.79 Å². The first kappa shape index (κ1) is 12.0. The Labute approximate surface area is 94.1 Å². The van der Waals surface area contributed by atoms with Gasteiger partial charge in [-0.15, -0.1) is 0 Å². The molecule has 2 rings (SSSR count). The zero-order valence-electron chi connectivity index (χ0n) is 9.31. The molecule has 2 N–H and O–H groups in total. The van der Waals surface area contributed by atoms with Crippen LogP contribution in [-0.2, 0) is 4.79 Å². The summed E-state index contributed by atoms with van der Waals surface area (Å²) in [7, 11) is 0. The van der Waals surface area contributed by atoms with E-state index in [-0.39, 0.29) is 6.41 Å². The highest BCUT2D eigenvalue weighted by atomic mass is 16.5. The van der Waals surface area contributed by atoms with Gasteiger partial charge in [0.05, 0.1) is 5.69 Å². The Morgan fingerprint density at radius 2 is 1.81 bits per heavy atom. The molecular weight excluding hydrogens is 204 g/mol. The molecule has 84 valence electrons. The lowest BCUT2D eigenvalue weighted by Gasteiger charge is -1.95. The normalized spacial score (nSPS) is 9.12. The van der Waals surface area contributed by atoms with Gasteiger partial charge in [0.1, 0.15) is 0 Å². The molecule has 2 aromatic rings. The number of rotatable bonds is 1. The number of primary amides is 1. The third-order valence-electron chi connectivity index (χ3n) is 2.19. The van der Waals surface area contributed by atoms with Gasteiger partial charge >= 0.3 is 0 Å². The van der Waals surface area contributed by atoms with E-state index >= 15 is 0 Å². The van der Waals surface area contributed by atoms with Crippen LogP contribution in [0, 0.1) is 13.8 Å². The van der Waals surface area contributed by atoms with E-state index in [0.717, 1.165) is 22.6 Å². The lowest BCUT2D eigenvalue weighted by atomic mass is 10.1. The summed E-state index contributed by atoms with van der Waals surface area (Å²) in [6.07, 6.45) is 0.250. The second-order valence-electron chi connectivity index (χ2n) is 3.22. The average molecular weight is 218 g/mol. The van der Waals surface area contributed by atoms with Crippen molar-refractivity contribution in [3.63, 3.8) is 0 Å². The topological polar surface area (TPSA) is 69.1 Å². The van der Waals surface area contributed by atoms with Crippen molar-refractivity contribution in [1.29, 1.82) is 0 Å². The number of aromatic nitrogens is 1. The first-order valence-corrected chi connectivity index (χ1v) is 4.84. The van der Waals surface area contributed by atoms with E-state index in [4.69, 9.17) is 9.32 Å². The lowest BCUT2D eigenvalue weighted by molar-refractivity contribution is -0.106. The second-order valence-corrected chi connectivity index (χ2v) is 3.22. The molecule has 0 aliphatic heterocycles. The van der Waals surface area contributed by atoms with Crippen molar-refractivity contribution in [2.45, 2.75) is 13.8 Å². The summed E-state index contributed by atoms with van der Waals surface area (Å²) in [4.78, 5) is 8.58. The Balaban J connectivity index is 0.000000386. The SMILES string of the molecule is Cc1noc(-c2ccccc2)c1C.NC=O. The third kappa shape index (κ3) is 2.70. The molecular formula is C12H14N2O2. The van der Waals surface area contributed by atoms with Crippen molar-refractivity contribution in [2.24, 2.45) is 5.73 Å². The molecule has 0 spiro atoms. The summed E-state index contributed by atoms with van der Waals surface area (Å²) in [5, 5.41) is 3.92. The van der Waals surface area contributed by atoms with E-state index < -0.39 is 0 Å². The zero-order valence-corrected chi connectivity index (χ0v) is 9.31. The number of amides is 1. The second kappa shape index (κ2) is 5.70. The van der Waals surface area contributed by atoms with Gasteiger partial charge in [0.2, 0.25) is 6.41 Å². The molecule has 1 aromatic carbocycles. The summed E-state index contributed by atoms with van der Waals surface area (Å²) in [5.41, 5.74) is 7.32. The van der Waals surface area contributed by atoms with Crippen LogP contribution in [0.3, 0.4) is 0 Å². The predicted molar refractivity (Wildman–Crippen MR) is 61.7 cm³/mol. The molecule has 4 heteroatoms. The number of carbonyl (C=O) groups excluding carboxylic acids is 1. The van der Waals surface area contributed by atoms with Gasteiger partial charge in [-0.05, 0) is 13.8 Å². The van der Waals surface area contributed by atoms with Crippen LogP contribution < -0.4 is 5.73 Å². The number of nitrogens with zero attached hydrogens (tertiary/aromatic N) is 1. The first-order valence-electron chi connectivity index (χ1n) is 4.84. The van der Waals surface area contributed by atoms with Crippen LogP contribution in [0.4, 0.5) is 0 Å². The summed E-state index contributed by atoms with van der Waals surface area (Å²) < 4.78 is 5.23. The van der Waals surface area contributed by atoms with E-state index in [9.17, 15) is 0 Å². The van der Waals surface area contributed by atoms with E-state index in [1.165, 1.54) is 0 Å². The van der Waals surface area contributed by atoms with Crippen LogP contribution >= 0.6 is 0 Å². The number of benzene rings is 1. The monoisotopic (exact) mass is 218 g/mol. The largest absolute Gasteiger partial charge is 0.372 e. The Morgan fingerprint density at radius 3 is 2.25 bits per heavy atom. The van der Waals surface area contributed by atoms with Crippen molar-refractivity contribution in [3.05, 3.63) is 41.6 Å². The highest BCUT2D eigenvalue weighted by Gasteiger charge is 2.09. The van der Waals surface area contributed by atoms with Gasteiger partial charge in [-0.1, -0.05) is 35.5 Å². The fraction of sp³-hybridized carbons (Fsp3) is 0.167. The minimum Gasteiger partial charge on any atom is -0.372 e. The number of hydrogen-bond donors (Lipinski definition) is 1. The van der Waals surface area contributed by atoms with Gasteiger partial charge in [0.25, 0.3) is 0 Å². The molecule has 0 aliphatic rings. The van der Waals surface area contributed by atoms with E-state index in [1.807, 2.05) is 44.2 Å². The molecule has 0 saturated heterocycles. The number of hydrogen-bond acceptors (Lipinski definition) is 3. The molecule has 0 bridgehead atoms. The molecule has 0 atom stereocenters. The van der Waals surface area contributed by atoms with Crippen molar-refractivity contribution < 1.29 is 9.32 Å². The minimum atomic E-state index is 0.250. The predicted octanol–water partition coefficient (Wildman–Crippen LogP) is 2.06. The Kier molecular flexibility index (Phi) is 4.27. The van der Waals surface area contributed by atoms with E-state index in [0.29, 0.717) is 0 Å². The maximum Gasteiger partial charge on any atom is 0.204 e. The van der Waals surface area contributed by atoms with Crippen molar-refractivity contribution in [3.8, 4) is 11.3 Å². The Morgan fingerprint density at radius 1 is 1.25 bits per heavy atom. The smallest absolute Gasteiger partial charge is 0.204 e. The summed E-state index contributed by atoms with van der Waals surface area (Å²) in [5.74, 6) is 0.873. The van der Waals surface area contributed by atoms with Crippen molar-refractivity contribution in [2.75, 3.05) is 0 Å². The van der Waals surface area contributed by atoms with E-state index in [1.54, 1.807) is 0 Å². The van der Waals surface area contributed by atoms with Crippen molar-refractivity contribution >= 4 is 6.41 Å². The molecule has 0 aliphatic carbocycles. The Bertz CT molecular complexity index is 449. The fourth-order valence-electron chi connectivity index (χ4n) is 1.27. The maximum atomic E-state index is 8.58. The number of nitrogens with two attached hydrogens (primary N) is 1. The first-order chi connectivity index (χ1) is 7.70. The summed E-state index contributed by atoms with van der Waals surface area (Å²) >= 11 is 0. The molecule has 1 amide bonds. The maximum absolute atomic E-state index is 8.58. The van der Waals surface area contributed by atoms with Gasteiger partial charge in [-0.2, -0.15) is 0 Å². The quantitative estimate of drug-likeness (QED) is 0.745. The van der Waals surface area contributed by atoms with Gasteiger partial charge < -0.3 is 10.3 Å². The van der Waals surface area contributed by atoms with Crippen LogP contribution in [-0.4, -0.2) is 11.6 Å². The van der Waals surface area contributed by atoms with Gasteiger partial charge in [0.15, 0.2) is 5.76 Å². The molecule has 16 heavy (non-hydrogen) atoms. The van der Waals surface area contributed by atoms with Crippen LogP contribution in [0.15, 0.2) is 34.9 Å². The summed E-state index contributed by atoms with van der Waals surface area (Å²) in [6, 6.07) is 10.0. The average Bonchev–Trinajstić information content (AvgIpc) is 2.62. The molecule has 1 aromatic heterocycles. The van der Waals surface area contributed by atoms with Crippen LogP contribution in [0.2, 0.25) is 0 Å². The number of aryl methyl sites for hydroxylation is 1. The molecule has 0 radical (unpaired) electrons. The molecule has 4 nitrogen and oxygen atoms in total. The van der Waals surface area contributed by atoms with Crippen LogP contribution in [0.25, 0.3) is 11.3 Å². The molecule has 0 fully saturated rings. The highest BCUT2D eigenvalue weighted by molar-refractivity contribution is 5.61. The number of carbonyl (C=O) groups is 1. The van der Waals surface area contributed by atoms with Crippen LogP contribution in [0.1, 0.15) is 11.3 Å². The van der Waals surface area contributed by atoms with E-state index in [2.05, 4.69) is 10.9 Å². The third-order valence-corrected chi connectivity index (χ3v) is 2.19. The fourth-order valence-corrected chi connectivity index (χ4v) is 1.27. The molecule has 1 heterocycles.